The van der Waals surface area contributed by atoms with Gasteiger partial charge >= 0.3 is 0 Å². The number of carbonyl (C=O) groups excluding carboxylic acids is 2. The second kappa shape index (κ2) is 19.0. The summed E-state index contributed by atoms with van der Waals surface area (Å²) in [5.74, 6) is 1.85. The van der Waals surface area contributed by atoms with E-state index in [9.17, 15) is 9.59 Å². The number of ketones is 1. The smallest absolute Gasteiger partial charge is 0.222 e. The highest BCUT2D eigenvalue weighted by Crippen LogP contribution is 2.20. The molecule has 142 valence electrons. The van der Waals surface area contributed by atoms with Crippen molar-refractivity contribution in [1.29, 1.82) is 0 Å². The normalized spacial score (nSPS) is 10.8. The van der Waals surface area contributed by atoms with Crippen molar-refractivity contribution in [2.45, 2.75) is 19.8 Å². The summed E-state index contributed by atoms with van der Waals surface area (Å²) in [5, 5.41) is 2.84. The van der Waals surface area contributed by atoms with Gasteiger partial charge in [-0.1, -0.05) is 21.6 Å². The van der Waals surface area contributed by atoms with Gasteiger partial charge in [-0.15, -0.1) is 0 Å². The first-order valence-electron chi connectivity index (χ1n) is 8.10. The summed E-state index contributed by atoms with van der Waals surface area (Å²) in [7, 11) is 3.33. The van der Waals surface area contributed by atoms with Crippen molar-refractivity contribution in [3.8, 4) is 0 Å². The molecule has 3 N–H and O–H groups in total. The molecular formula is C15H30N2O5S2. The van der Waals surface area contributed by atoms with Gasteiger partial charge in [-0.3, -0.25) is 9.59 Å². The maximum absolute atomic E-state index is 11.5. The summed E-state index contributed by atoms with van der Waals surface area (Å²) in [5.41, 5.74) is 5.28. The lowest BCUT2D eigenvalue weighted by Crippen LogP contribution is -2.26. The number of carbonyl (C=O) groups is 2. The van der Waals surface area contributed by atoms with Gasteiger partial charge in [0.15, 0.2) is 0 Å². The molecule has 0 heterocycles. The van der Waals surface area contributed by atoms with Crippen LogP contribution in [0, 0.1) is 0 Å². The highest BCUT2D eigenvalue weighted by molar-refractivity contribution is 8.76. The maximum atomic E-state index is 11.5. The third-order valence-electron chi connectivity index (χ3n) is 2.61. The molecule has 9 heteroatoms. The quantitative estimate of drug-likeness (QED) is 0.266. The third kappa shape index (κ3) is 19.7. The Morgan fingerprint density at radius 2 is 1.46 bits per heavy atom. The van der Waals surface area contributed by atoms with Crippen molar-refractivity contribution in [3.63, 3.8) is 0 Å². The van der Waals surface area contributed by atoms with Crippen LogP contribution in [0.3, 0.4) is 0 Å². The molecule has 0 aromatic heterocycles. The summed E-state index contributed by atoms with van der Waals surface area (Å²) in [6.45, 7) is 5.68. The van der Waals surface area contributed by atoms with Gasteiger partial charge in [0.25, 0.3) is 0 Å². The van der Waals surface area contributed by atoms with Crippen LogP contribution in [0.2, 0.25) is 0 Å². The predicted octanol–water partition coefficient (Wildman–Crippen LogP) is 0.862. The molecule has 0 aromatic carbocycles. The first-order valence-corrected chi connectivity index (χ1v) is 10.6. The number of ether oxygens (including phenoxy) is 3. The lowest BCUT2D eigenvalue weighted by molar-refractivity contribution is -0.122. The predicted molar refractivity (Wildman–Crippen MR) is 99.4 cm³/mol. The molecule has 0 rings (SSSR count). The van der Waals surface area contributed by atoms with E-state index in [2.05, 4.69) is 5.32 Å². The number of rotatable bonds is 18. The van der Waals surface area contributed by atoms with Gasteiger partial charge in [0.1, 0.15) is 5.78 Å². The van der Waals surface area contributed by atoms with Gasteiger partial charge < -0.3 is 25.3 Å². The molecule has 0 atom stereocenters. The number of amides is 1. The molecule has 0 saturated heterocycles. The van der Waals surface area contributed by atoms with E-state index in [0.29, 0.717) is 65.6 Å². The number of hydrogen-bond acceptors (Lipinski definition) is 8. The second-order valence-electron chi connectivity index (χ2n) is 4.82. The van der Waals surface area contributed by atoms with Crippen molar-refractivity contribution in [2.24, 2.45) is 5.73 Å². The SMILES string of the molecule is CC(=O)CCSSCCNC(=O)CCOCCOCCOCCN. The average Bonchev–Trinajstić information content (AvgIpc) is 2.55. The molecule has 7 nitrogen and oxygen atoms in total. The molecule has 1 amide bonds. The van der Waals surface area contributed by atoms with E-state index < -0.39 is 0 Å². The van der Waals surface area contributed by atoms with Crippen LogP contribution in [0.1, 0.15) is 19.8 Å². The first-order chi connectivity index (χ1) is 11.7. The number of hydrogen-bond donors (Lipinski definition) is 2. The van der Waals surface area contributed by atoms with E-state index >= 15 is 0 Å². The molecule has 0 aliphatic rings. The lowest BCUT2D eigenvalue weighted by atomic mass is 10.4. The van der Waals surface area contributed by atoms with E-state index in [0.717, 1.165) is 11.5 Å². The fraction of sp³-hybridized carbons (Fsp3) is 0.867. The summed E-state index contributed by atoms with van der Waals surface area (Å²) in [6, 6.07) is 0. The molecule has 0 saturated carbocycles. The van der Waals surface area contributed by atoms with Crippen LogP contribution in [0.15, 0.2) is 0 Å². The number of Topliss-reactive ketones (excluding diaryl/α,β-unsaturated/α-hetero) is 1. The number of nitrogens with one attached hydrogen (secondary N) is 1. The lowest BCUT2D eigenvalue weighted by Gasteiger charge is -2.07. The Morgan fingerprint density at radius 3 is 2.08 bits per heavy atom. The molecule has 0 aliphatic heterocycles. The molecule has 0 radical (unpaired) electrons. The van der Waals surface area contributed by atoms with Crippen LogP contribution >= 0.6 is 21.6 Å². The highest BCUT2D eigenvalue weighted by atomic mass is 33.1. The molecule has 0 unspecified atom stereocenters. The Balaban J connectivity index is 3.17. The molecule has 0 fully saturated rings. The van der Waals surface area contributed by atoms with Gasteiger partial charge in [-0.2, -0.15) is 0 Å². The van der Waals surface area contributed by atoms with E-state index in [-0.39, 0.29) is 11.7 Å². The Kier molecular flexibility index (Phi) is 18.8. The topological polar surface area (TPSA) is 99.9 Å². The van der Waals surface area contributed by atoms with Crippen LogP contribution in [-0.4, -0.2) is 75.9 Å². The van der Waals surface area contributed by atoms with E-state index in [1.54, 1.807) is 28.5 Å². The fourth-order valence-electron chi connectivity index (χ4n) is 1.41. The highest BCUT2D eigenvalue weighted by Gasteiger charge is 2.01. The largest absolute Gasteiger partial charge is 0.379 e. The molecule has 0 aromatic rings. The van der Waals surface area contributed by atoms with Crippen LogP contribution in [0.4, 0.5) is 0 Å². The van der Waals surface area contributed by atoms with Crippen molar-refractivity contribution in [3.05, 3.63) is 0 Å². The Hall–Kier alpha value is -0.320. The van der Waals surface area contributed by atoms with Gasteiger partial charge in [0.2, 0.25) is 5.91 Å². The summed E-state index contributed by atoms with van der Waals surface area (Å²) in [4.78, 5) is 22.3. The van der Waals surface area contributed by atoms with Crippen molar-refractivity contribution >= 4 is 33.3 Å². The monoisotopic (exact) mass is 382 g/mol. The van der Waals surface area contributed by atoms with Gasteiger partial charge in [-0.25, -0.2) is 0 Å². The van der Waals surface area contributed by atoms with Crippen LogP contribution < -0.4 is 11.1 Å². The zero-order valence-corrected chi connectivity index (χ0v) is 16.1. The van der Waals surface area contributed by atoms with Crippen molar-refractivity contribution < 1.29 is 23.8 Å². The zero-order valence-electron chi connectivity index (χ0n) is 14.4. The molecule has 24 heavy (non-hydrogen) atoms. The van der Waals surface area contributed by atoms with E-state index in [1.807, 2.05) is 0 Å². The average molecular weight is 383 g/mol. The van der Waals surface area contributed by atoms with Crippen molar-refractivity contribution in [1.82, 2.24) is 5.32 Å². The Labute approximate surface area is 152 Å². The minimum Gasteiger partial charge on any atom is -0.379 e. The Bertz CT molecular complexity index is 322. The van der Waals surface area contributed by atoms with E-state index in [4.69, 9.17) is 19.9 Å². The van der Waals surface area contributed by atoms with Crippen LogP contribution in [-0.2, 0) is 23.8 Å². The zero-order chi connectivity index (χ0) is 17.9. The molecule has 0 spiro atoms. The maximum Gasteiger partial charge on any atom is 0.222 e. The van der Waals surface area contributed by atoms with Crippen molar-refractivity contribution in [2.75, 3.05) is 64.2 Å². The standard InChI is InChI=1S/C15H30N2O5S2/c1-14(18)3-12-23-24-13-5-17-15(19)2-6-20-8-10-22-11-9-21-7-4-16/h2-13,16H2,1H3,(H,17,19). The minimum atomic E-state index is -0.0135. The van der Waals surface area contributed by atoms with Gasteiger partial charge in [0, 0.05) is 37.4 Å². The molecule has 0 bridgehead atoms. The summed E-state index contributed by atoms with van der Waals surface area (Å²) >= 11 is 0. The van der Waals surface area contributed by atoms with Gasteiger partial charge in [-0.05, 0) is 6.92 Å². The third-order valence-corrected chi connectivity index (χ3v) is 5.02. The minimum absolute atomic E-state index is 0.0135. The van der Waals surface area contributed by atoms with Gasteiger partial charge in [0.05, 0.1) is 39.6 Å². The summed E-state index contributed by atoms with van der Waals surface area (Å²) < 4.78 is 15.8. The Morgan fingerprint density at radius 1 is 0.875 bits per heavy atom. The second-order valence-corrected chi connectivity index (χ2v) is 7.52. The number of nitrogens with two attached hydrogens (primary N) is 1. The van der Waals surface area contributed by atoms with E-state index in [1.165, 1.54) is 0 Å². The fourth-order valence-corrected chi connectivity index (χ4v) is 3.41. The molecular weight excluding hydrogens is 352 g/mol. The molecule has 0 aliphatic carbocycles. The summed E-state index contributed by atoms with van der Waals surface area (Å²) in [6.07, 6.45) is 0.952. The first kappa shape index (κ1) is 23.7. The van der Waals surface area contributed by atoms with Crippen LogP contribution in [0.25, 0.3) is 0 Å². The van der Waals surface area contributed by atoms with Crippen LogP contribution in [0.5, 0.6) is 0 Å².